The second-order valence-corrected chi connectivity index (χ2v) is 6.89. The zero-order chi connectivity index (χ0) is 21.6. The molecule has 0 radical (unpaired) electrons. The maximum Gasteiger partial charge on any atom is 0.320 e. The average molecular weight is 420 g/mol. The van der Waals surface area contributed by atoms with Gasteiger partial charge in [-0.05, 0) is 0 Å². The molecule has 0 bridgehead atoms. The van der Waals surface area contributed by atoms with Crippen LogP contribution in [0, 0.1) is 0 Å². The Bertz CT molecular complexity index is 522. The Morgan fingerprint density at radius 1 is 0.828 bits per heavy atom. The van der Waals surface area contributed by atoms with Crippen molar-refractivity contribution in [3.63, 3.8) is 0 Å². The third kappa shape index (κ3) is 12.4. The predicted octanol–water partition coefficient (Wildman–Crippen LogP) is -3.44. The minimum absolute atomic E-state index is 0.0219. The highest BCUT2D eigenvalue weighted by Crippen LogP contribution is 1.99. The number of nitrogens with zero attached hydrogens (tertiary/aromatic N) is 3. The summed E-state index contributed by atoms with van der Waals surface area (Å²) in [5, 5.41) is 39.4. The zero-order valence-electron chi connectivity index (χ0n) is 16.5. The van der Waals surface area contributed by atoms with E-state index in [1.165, 1.54) is 0 Å². The molecule has 1 aliphatic heterocycles. The lowest BCUT2D eigenvalue weighted by Crippen LogP contribution is -2.47. The van der Waals surface area contributed by atoms with E-state index < -0.39 is 30.6 Å². The number of aliphatic hydroxyl groups is 2. The van der Waals surface area contributed by atoms with E-state index in [-0.39, 0.29) is 26.2 Å². The quantitative estimate of drug-likeness (QED) is 0.235. The van der Waals surface area contributed by atoms with Crippen LogP contribution >= 0.6 is 0 Å². The first-order valence-electron chi connectivity index (χ1n) is 9.56. The van der Waals surface area contributed by atoms with E-state index in [0.717, 1.165) is 0 Å². The van der Waals surface area contributed by atoms with Gasteiger partial charge in [0.05, 0.1) is 26.2 Å². The summed E-state index contributed by atoms with van der Waals surface area (Å²) in [4.78, 5) is 39.4. The molecule has 12 heteroatoms. The maximum atomic E-state index is 12.0. The molecule has 168 valence electrons. The normalized spacial score (nSPS) is 19.7. The van der Waals surface area contributed by atoms with Crippen molar-refractivity contribution in [2.24, 2.45) is 0 Å². The number of ether oxygens (including phenoxy) is 1. The van der Waals surface area contributed by atoms with Crippen LogP contribution in [0.3, 0.4) is 0 Å². The molecule has 0 aromatic carbocycles. The summed E-state index contributed by atoms with van der Waals surface area (Å²) < 4.78 is 4.93. The Balaban J connectivity index is 2.65. The summed E-state index contributed by atoms with van der Waals surface area (Å²) in [6, 6.07) is 0. The third-order valence-electron chi connectivity index (χ3n) is 4.39. The number of aliphatic hydroxyl groups excluding tert-OH is 2. The van der Waals surface area contributed by atoms with Crippen LogP contribution < -0.4 is 5.32 Å². The first-order valence-corrected chi connectivity index (χ1v) is 9.56. The van der Waals surface area contributed by atoms with Crippen LogP contribution in [0.1, 0.15) is 0 Å². The number of carboxylic acid groups (broad SMARTS) is 2. The topological polar surface area (TPSA) is 163 Å². The number of nitrogens with one attached hydrogen (secondary N) is 1. The summed E-state index contributed by atoms with van der Waals surface area (Å²) in [5.74, 6) is -2.45. The van der Waals surface area contributed by atoms with Crippen LogP contribution in [0.25, 0.3) is 0 Å². The molecule has 1 aliphatic rings. The van der Waals surface area contributed by atoms with Gasteiger partial charge in [-0.25, -0.2) is 0 Å². The van der Waals surface area contributed by atoms with Crippen LogP contribution in [0.2, 0.25) is 0 Å². The second kappa shape index (κ2) is 14.2. The lowest BCUT2D eigenvalue weighted by atomic mass is 10.3. The van der Waals surface area contributed by atoms with Crippen LogP contribution in [0.15, 0.2) is 0 Å². The van der Waals surface area contributed by atoms with Gasteiger partial charge in [0.15, 0.2) is 0 Å². The highest BCUT2D eigenvalue weighted by Gasteiger charge is 2.18. The van der Waals surface area contributed by atoms with Crippen molar-refractivity contribution in [2.75, 3.05) is 85.2 Å². The number of carbonyl (C=O) groups is 3. The van der Waals surface area contributed by atoms with Gasteiger partial charge in [-0.15, -0.1) is 0 Å². The van der Waals surface area contributed by atoms with Crippen LogP contribution in [0.5, 0.6) is 0 Å². The number of esters is 1. The second-order valence-electron chi connectivity index (χ2n) is 6.89. The Labute approximate surface area is 169 Å². The lowest BCUT2D eigenvalue weighted by molar-refractivity contribution is -0.149. The Morgan fingerprint density at radius 2 is 1.28 bits per heavy atom. The van der Waals surface area contributed by atoms with E-state index in [1.54, 1.807) is 9.80 Å². The molecule has 29 heavy (non-hydrogen) atoms. The van der Waals surface area contributed by atoms with E-state index in [9.17, 15) is 19.5 Å². The van der Waals surface area contributed by atoms with Crippen molar-refractivity contribution < 1.29 is 39.5 Å². The Morgan fingerprint density at radius 3 is 1.72 bits per heavy atom. The van der Waals surface area contributed by atoms with Gasteiger partial charge in [-0.3, -0.25) is 29.1 Å². The van der Waals surface area contributed by atoms with E-state index in [0.29, 0.717) is 52.4 Å². The molecule has 0 amide bonds. The molecule has 0 aromatic heterocycles. The van der Waals surface area contributed by atoms with Gasteiger partial charge in [0.1, 0.15) is 12.7 Å². The number of hydrogen-bond donors (Lipinski definition) is 5. The minimum atomic E-state index is -1.12. The largest absolute Gasteiger partial charge is 0.480 e. The molecular weight excluding hydrogens is 388 g/mol. The molecule has 1 rings (SSSR count). The van der Waals surface area contributed by atoms with Crippen molar-refractivity contribution >= 4 is 17.9 Å². The van der Waals surface area contributed by atoms with Crippen molar-refractivity contribution in [1.29, 1.82) is 0 Å². The van der Waals surface area contributed by atoms with Gasteiger partial charge < -0.3 is 30.5 Å². The highest BCUT2D eigenvalue weighted by molar-refractivity contribution is 5.71. The van der Waals surface area contributed by atoms with Crippen molar-refractivity contribution in [3.05, 3.63) is 0 Å². The number of carbonyl (C=O) groups excluding carboxylic acids is 1. The summed E-state index contributed by atoms with van der Waals surface area (Å²) in [7, 11) is 0. The fourth-order valence-electron chi connectivity index (χ4n) is 2.83. The summed E-state index contributed by atoms with van der Waals surface area (Å²) in [6.07, 6.45) is -1.12. The molecule has 0 aromatic rings. The predicted molar refractivity (Wildman–Crippen MR) is 102 cm³/mol. The summed E-state index contributed by atoms with van der Waals surface area (Å²) in [6.45, 7) is 2.67. The van der Waals surface area contributed by atoms with Crippen LogP contribution in [0.4, 0.5) is 0 Å². The molecule has 0 aliphatic carbocycles. The minimum Gasteiger partial charge on any atom is -0.480 e. The molecule has 1 atom stereocenters. The van der Waals surface area contributed by atoms with Crippen molar-refractivity contribution in [1.82, 2.24) is 20.0 Å². The lowest BCUT2D eigenvalue weighted by Gasteiger charge is -2.30. The van der Waals surface area contributed by atoms with Crippen LogP contribution in [-0.4, -0.2) is 144 Å². The number of rotatable bonds is 9. The maximum absolute atomic E-state index is 12.0. The molecule has 1 heterocycles. The van der Waals surface area contributed by atoms with E-state index in [1.807, 2.05) is 4.90 Å². The third-order valence-corrected chi connectivity index (χ3v) is 4.39. The Kier molecular flexibility index (Phi) is 12.3. The van der Waals surface area contributed by atoms with Gasteiger partial charge in [0.25, 0.3) is 0 Å². The van der Waals surface area contributed by atoms with Gasteiger partial charge in [-0.2, -0.15) is 0 Å². The molecule has 0 saturated carbocycles. The molecule has 0 spiro atoms. The molecule has 1 fully saturated rings. The zero-order valence-corrected chi connectivity index (χ0v) is 16.5. The fraction of sp³-hybridized carbons (Fsp3) is 0.824. The smallest absolute Gasteiger partial charge is 0.320 e. The molecular formula is C17H32N4O8. The fourth-order valence-corrected chi connectivity index (χ4v) is 2.83. The summed E-state index contributed by atoms with van der Waals surface area (Å²) >= 11 is 0. The van der Waals surface area contributed by atoms with Gasteiger partial charge in [-0.1, -0.05) is 0 Å². The van der Waals surface area contributed by atoms with Crippen molar-refractivity contribution in [2.45, 2.75) is 6.10 Å². The monoisotopic (exact) mass is 420 g/mol. The SMILES string of the molecule is O=C(O)CN1CCNCCN(CC(=O)OCC(O)CO)CCN(CC(=O)O)CC1. The first-order chi connectivity index (χ1) is 13.8. The van der Waals surface area contributed by atoms with Gasteiger partial charge in [0, 0.05) is 52.4 Å². The highest BCUT2D eigenvalue weighted by atomic mass is 16.5. The standard InChI is InChI=1S/C17H32N4O8/c22-12-14(23)13-29-17(28)11-20-4-2-18-1-3-19(9-15(24)25)5-7-21(8-6-20)10-16(26)27/h14,18,22-23H,1-13H2,(H,24,25)(H,26,27). The number of hydrogen-bond acceptors (Lipinski definition) is 10. The molecule has 5 N–H and O–H groups in total. The molecule has 1 unspecified atom stereocenters. The van der Waals surface area contributed by atoms with Crippen LogP contribution in [-0.2, 0) is 19.1 Å². The van der Waals surface area contributed by atoms with Gasteiger partial charge in [0.2, 0.25) is 0 Å². The van der Waals surface area contributed by atoms with E-state index >= 15 is 0 Å². The Hall–Kier alpha value is -1.83. The first kappa shape index (κ1) is 25.2. The van der Waals surface area contributed by atoms with E-state index in [2.05, 4.69) is 5.32 Å². The number of carboxylic acids is 2. The van der Waals surface area contributed by atoms with Crippen molar-refractivity contribution in [3.8, 4) is 0 Å². The van der Waals surface area contributed by atoms with E-state index in [4.69, 9.17) is 20.1 Å². The average Bonchev–Trinajstić information content (AvgIpc) is 2.65. The molecule has 12 nitrogen and oxygen atoms in total. The summed E-state index contributed by atoms with van der Waals surface area (Å²) in [5.41, 5.74) is 0. The molecule has 1 saturated heterocycles. The van der Waals surface area contributed by atoms with Gasteiger partial charge >= 0.3 is 17.9 Å². The number of aliphatic carboxylic acids is 2.